The number of hydrogen-bond acceptors (Lipinski definition) is 4. The van der Waals surface area contributed by atoms with Gasteiger partial charge in [0, 0.05) is 27.5 Å². The van der Waals surface area contributed by atoms with Gasteiger partial charge in [-0.05, 0) is 130 Å². The van der Waals surface area contributed by atoms with Gasteiger partial charge < -0.3 is 0 Å². The van der Waals surface area contributed by atoms with Crippen LogP contribution in [0.2, 0.25) is 0 Å². The molecule has 0 amide bonds. The zero-order chi connectivity index (χ0) is 55.3. The Kier molecular flexibility index (Phi) is 10.8. The van der Waals surface area contributed by atoms with Crippen LogP contribution in [0.5, 0.6) is 0 Å². The molecule has 84 heavy (non-hydrogen) atoms. The third-order valence-corrected chi connectivity index (χ3v) is 17.5. The summed E-state index contributed by atoms with van der Waals surface area (Å²) in [5, 5.41) is 8.64. The number of hydrogen-bond donors (Lipinski definition) is 0. The molecule has 16 aromatic rings. The molecule has 0 aliphatic heterocycles. The average molecular weight is 1070 g/mol. The molecule has 13 aromatic carbocycles. The van der Waals surface area contributed by atoms with Crippen molar-refractivity contribution in [2.45, 2.75) is 5.41 Å². The summed E-state index contributed by atoms with van der Waals surface area (Å²) in [7, 11) is 0. The molecule has 18 rings (SSSR count). The lowest BCUT2D eigenvalue weighted by Crippen LogP contribution is -2.25. The quantitative estimate of drug-likeness (QED) is 0.161. The van der Waals surface area contributed by atoms with Crippen LogP contribution in [0, 0.1) is 0 Å². The van der Waals surface area contributed by atoms with Crippen molar-refractivity contribution in [2.75, 3.05) is 0 Å². The molecule has 5 nitrogen and oxygen atoms in total. The van der Waals surface area contributed by atoms with Gasteiger partial charge in [-0.25, -0.2) is 19.9 Å². The van der Waals surface area contributed by atoms with Crippen LogP contribution in [0.1, 0.15) is 22.3 Å². The molecule has 2 aliphatic rings. The number of fused-ring (bicyclic) bond motifs is 21. The molecule has 0 atom stereocenters. The normalized spacial score (nSPS) is 12.6. The van der Waals surface area contributed by atoms with Crippen molar-refractivity contribution in [3.63, 3.8) is 0 Å². The smallest absolute Gasteiger partial charge is 0.164 e. The first-order valence-electron chi connectivity index (χ1n) is 28.7. The Hall–Kier alpha value is -11.1. The standard InChI is InChI=1S/C40H25N3.C39H24N2/c1-3-13-26(14-4-1)37-41-38(27-15-5-2-6-16-27)43-39(42-37)28-23-24-32-31-19-9-12-22-35(31)40(36(32)25-28)33-20-10-7-17-29(33)30-18-8-11-21-34(30)40;1-2-8-25(9-3-1)27-14-15-29-23-30(17-16-28(29)22-27)31-19-20-33-34-21-18-26-10-4-5-11-32(26)38(34)39-40-35-12-6-7-13-36(35)41(39)37(33)24-31/h1-25H;1-24H. The maximum Gasteiger partial charge on any atom is 0.164 e. The van der Waals surface area contributed by atoms with Crippen molar-refractivity contribution in [3.05, 3.63) is 320 Å². The molecule has 390 valence electrons. The molecule has 3 aromatic heterocycles. The summed E-state index contributed by atoms with van der Waals surface area (Å²) in [6, 6.07) is 106. The zero-order valence-electron chi connectivity index (χ0n) is 45.5. The van der Waals surface area contributed by atoms with E-state index in [1.54, 1.807) is 0 Å². The molecule has 0 saturated carbocycles. The minimum Gasteiger partial charge on any atom is -0.292 e. The van der Waals surface area contributed by atoms with Crippen LogP contribution >= 0.6 is 0 Å². The van der Waals surface area contributed by atoms with Gasteiger partial charge in [0.2, 0.25) is 0 Å². The Labute approximate surface area is 485 Å². The van der Waals surface area contributed by atoms with Gasteiger partial charge in [0.05, 0.1) is 22.0 Å². The lowest BCUT2D eigenvalue weighted by Gasteiger charge is -2.30. The summed E-state index contributed by atoms with van der Waals surface area (Å²) in [4.78, 5) is 20.2. The average Bonchev–Trinajstić information content (AvgIpc) is 1.83. The highest BCUT2D eigenvalue weighted by Gasteiger charge is 2.51. The summed E-state index contributed by atoms with van der Waals surface area (Å²) in [5.41, 5.74) is 22.1. The second-order valence-electron chi connectivity index (χ2n) is 22.0. The number of imidazole rings is 1. The molecule has 5 heteroatoms. The van der Waals surface area contributed by atoms with Crippen LogP contribution in [0.3, 0.4) is 0 Å². The minimum atomic E-state index is -0.410. The number of pyridine rings is 1. The number of aromatic nitrogens is 5. The van der Waals surface area contributed by atoms with Gasteiger partial charge in [-0.1, -0.05) is 261 Å². The summed E-state index contributed by atoms with van der Waals surface area (Å²) >= 11 is 0. The lowest BCUT2D eigenvalue weighted by molar-refractivity contribution is 0.794. The van der Waals surface area contributed by atoms with Crippen molar-refractivity contribution in [3.8, 4) is 78.7 Å². The molecular formula is C79H49N5. The second kappa shape index (κ2) is 19.0. The number of benzene rings is 13. The maximum absolute atomic E-state index is 5.18. The number of para-hydroxylation sites is 2. The fraction of sp³-hybridized carbons (Fsp3) is 0.0127. The summed E-state index contributed by atoms with van der Waals surface area (Å²) < 4.78 is 2.36. The van der Waals surface area contributed by atoms with Crippen LogP contribution in [0.25, 0.3) is 139 Å². The molecule has 0 bridgehead atoms. The number of rotatable bonds is 5. The topological polar surface area (TPSA) is 56.0 Å². The van der Waals surface area contributed by atoms with E-state index in [1.807, 2.05) is 36.4 Å². The van der Waals surface area contributed by atoms with Gasteiger partial charge in [-0.15, -0.1) is 0 Å². The molecule has 0 radical (unpaired) electrons. The Morgan fingerprint density at radius 2 is 0.702 bits per heavy atom. The highest BCUT2D eigenvalue weighted by atomic mass is 15.0. The van der Waals surface area contributed by atoms with E-state index in [0.717, 1.165) is 33.4 Å². The van der Waals surface area contributed by atoms with E-state index < -0.39 is 5.41 Å². The second-order valence-corrected chi connectivity index (χ2v) is 22.0. The summed E-state index contributed by atoms with van der Waals surface area (Å²) in [5.74, 6) is 2.00. The third kappa shape index (κ3) is 7.35. The van der Waals surface area contributed by atoms with Crippen molar-refractivity contribution in [2.24, 2.45) is 0 Å². The van der Waals surface area contributed by atoms with Gasteiger partial charge in [0.1, 0.15) is 5.65 Å². The SMILES string of the molecule is c1ccc(-c2ccc3cc(-c4ccc5c6ccc7ccccc7c6c6nc7ccccc7n6c5c4)ccc3c2)cc1.c1ccc(-c2nc(-c3ccccc3)nc(-c3ccc4c(c3)C3(c5ccccc5-c5ccccc53)c3ccccc3-4)n2)cc1. The Balaban J connectivity index is 0.000000132. The van der Waals surface area contributed by atoms with E-state index in [1.165, 1.54) is 110 Å². The van der Waals surface area contributed by atoms with E-state index in [-0.39, 0.29) is 0 Å². The van der Waals surface area contributed by atoms with Gasteiger partial charge in [-0.3, -0.25) is 4.40 Å². The summed E-state index contributed by atoms with van der Waals surface area (Å²) in [6.45, 7) is 0. The van der Waals surface area contributed by atoms with Crippen molar-refractivity contribution in [1.29, 1.82) is 0 Å². The molecule has 1 spiro atoms. The molecule has 0 fully saturated rings. The molecular weight excluding hydrogens is 1020 g/mol. The first-order chi connectivity index (χ1) is 41.6. The highest BCUT2D eigenvalue weighted by Crippen LogP contribution is 2.63. The van der Waals surface area contributed by atoms with Crippen LogP contribution in [-0.2, 0) is 5.41 Å². The molecule has 0 N–H and O–H groups in total. The van der Waals surface area contributed by atoms with Gasteiger partial charge >= 0.3 is 0 Å². The van der Waals surface area contributed by atoms with Crippen molar-refractivity contribution >= 4 is 59.9 Å². The highest BCUT2D eigenvalue weighted by molar-refractivity contribution is 6.23. The largest absolute Gasteiger partial charge is 0.292 e. The lowest BCUT2D eigenvalue weighted by atomic mass is 9.70. The molecule has 3 heterocycles. The Bertz CT molecular complexity index is 5200. The van der Waals surface area contributed by atoms with Gasteiger partial charge in [-0.2, -0.15) is 0 Å². The Morgan fingerprint density at radius 3 is 1.33 bits per heavy atom. The van der Waals surface area contributed by atoms with E-state index in [9.17, 15) is 0 Å². The van der Waals surface area contributed by atoms with E-state index in [2.05, 4.69) is 265 Å². The monoisotopic (exact) mass is 1070 g/mol. The Morgan fingerprint density at radius 1 is 0.250 bits per heavy atom. The molecule has 2 aliphatic carbocycles. The van der Waals surface area contributed by atoms with Gasteiger partial charge in [0.15, 0.2) is 17.5 Å². The van der Waals surface area contributed by atoms with Crippen LogP contribution in [0.15, 0.2) is 297 Å². The number of nitrogens with zero attached hydrogens (tertiary/aromatic N) is 5. The van der Waals surface area contributed by atoms with Crippen LogP contribution in [-0.4, -0.2) is 24.3 Å². The van der Waals surface area contributed by atoms with Crippen molar-refractivity contribution in [1.82, 2.24) is 24.3 Å². The van der Waals surface area contributed by atoms with E-state index in [0.29, 0.717) is 17.5 Å². The minimum absolute atomic E-state index is 0.410. The van der Waals surface area contributed by atoms with E-state index in [4.69, 9.17) is 19.9 Å². The first kappa shape index (κ1) is 47.6. The predicted molar refractivity (Wildman–Crippen MR) is 346 cm³/mol. The summed E-state index contributed by atoms with van der Waals surface area (Å²) in [6.07, 6.45) is 0. The van der Waals surface area contributed by atoms with Crippen LogP contribution < -0.4 is 0 Å². The van der Waals surface area contributed by atoms with E-state index >= 15 is 0 Å². The van der Waals surface area contributed by atoms with Crippen LogP contribution in [0.4, 0.5) is 0 Å². The zero-order valence-corrected chi connectivity index (χ0v) is 45.5. The predicted octanol–water partition coefficient (Wildman–Crippen LogP) is 19.7. The molecule has 0 unspecified atom stereocenters. The molecule has 0 saturated heterocycles. The first-order valence-corrected chi connectivity index (χ1v) is 28.7. The third-order valence-electron chi connectivity index (χ3n) is 17.5. The van der Waals surface area contributed by atoms with Crippen molar-refractivity contribution < 1.29 is 0 Å². The maximum atomic E-state index is 5.18. The van der Waals surface area contributed by atoms with Gasteiger partial charge in [0.25, 0.3) is 0 Å². The fourth-order valence-electron chi connectivity index (χ4n) is 13.7. The fourth-order valence-corrected chi connectivity index (χ4v) is 13.7.